The van der Waals surface area contributed by atoms with Crippen LogP contribution in [0.3, 0.4) is 0 Å². The summed E-state index contributed by atoms with van der Waals surface area (Å²) in [4.78, 5) is 11.6. The van der Waals surface area contributed by atoms with E-state index in [9.17, 15) is 13.2 Å². The highest BCUT2D eigenvalue weighted by Crippen LogP contribution is 2.34. The number of imidazole rings is 1. The molecule has 0 aliphatic rings. The van der Waals surface area contributed by atoms with E-state index in [0.29, 0.717) is 12.1 Å². The van der Waals surface area contributed by atoms with Crippen molar-refractivity contribution in [1.82, 2.24) is 19.9 Å². The molecule has 2 rings (SSSR count). The number of hydrogen-bond donors (Lipinski definition) is 1. The third-order valence-electron chi connectivity index (χ3n) is 2.88. The Bertz CT molecular complexity index is 548. The highest BCUT2D eigenvalue weighted by molar-refractivity contribution is 5.19. The topological polar surface area (TPSA) is 44.8 Å². The second-order valence-corrected chi connectivity index (χ2v) is 4.73. The number of hydrogen-bond acceptors (Lipinski definition) is 3. The van der Waals surface area contributed by atoms with Gasteiger partial charge in [0.05, 0.1) is 0 Å². The second kappa shape index (κ2) is 5.62. The number of rotatable bonds is 4. The van der Waals surface area contributed by atoms with Crippen LogP contribution in [0.5, 0.6) is 0 Å². The standard InChI is InChI=1S/C13H15F3N4/c1-20(2)11(13(14,15)16)12-18-8-10(19-12)7-9-3-5-17-6-4-9/h3-6,8,11H,7H2,1-2H3,(H,18,19). The van der Waals surface area contributed by atoms with Crippen molar-refractivity contribution in [3.63, 3.8) is 0 Å². The zero-order chi connectivity index (χ0) is 14.8. The minimum atomic E-state index is -4.37. The Morgan fingerprint density at radius 2 is 1.90 bits per heavy atom. The molecule has 1 N–H and O–H groups in total. The molecule has 0 amide bonds. The van der Waals surface area contributed by atoms with E-state index in [-0.39, 0.29) is 5.82 Å². The summed E-state index contributed by atoms with van der Waals surface area (Å²) in [6, 6.07) is 1.90. The minimum Gasteiger partial charge on any atom is -0.344 e. The van der Waals surface area contributed by atoms with Crippen LogP contribution in [0.2, 0.25) is 0 Å². The molecule has 0 saturated carbocycles. The maximum Gasteiger partial charge on any atom is 0.411 e. The van der Waals surface area contributed by atoms with Gasteiger partial charge < -0.3 is 4.98 Å². The van der Waals surface area contributed by atoms with Crippen LogP contribution in [0.1, 0.15) is 23.1 Å². The van der Waals surface area contributed by atoms with Gasteiger partial charge >= 0.3 is 6.18 Å². The molecule has 4 nitrogen and oxygen atoms in total. The van der Waals surface area contributed by atoms with Crippen molar-refractivity contribution in [2.45, 2.75) is 18.6 Å². The van der Waals surface area contributed by atoms with Gasteiger partial charge in [0, 0.05) is 30.7 Å². The van der Waals surface area contributed by atoms with Gasteiger partial charge in [0.2, 0.25) is 0 Å². The van der Waals surface area contributed by atoms with E-state index in [2.05, 4.69) is 15.0 Å². The van der Waals surface area contributed by atoms with Gasteiger partial charge in [-0.15, -0.1) is 0 Å². The molecule has 0 aromatic carbocycles. The molecule has 0 aliphatic heterocycles. The molecule has 0 fully saturated rings. The summed E-state index contributed by atoms with van der Waals surface area (Å²) in [7, 11) is 2.76. The molecule has 2 aromatic rings. The van der Waals surface area contributed by atoms with Crippen molar-refractivity contribution >= 4 is 0 Å². The average Bonchev–Trinajstić information content (AvgIpc) is 2.76. The lowest BCUT2D eigenvalue weighted by Gasteiger charge is -2.24. The number of halogens is 3. The summed E-state index contributed by atoms with van der Waals surface area (Å²) in [6.07, 6.45) is 0.858. The first-order valence-electron chi connectivity index (χ1n) is 6.03. The molecule has 2 aromatic heterocycles. The number of aromatic nitrogens is 3. The van der Waals surface area contributed by atoms with E-state index in [1.807, 2.05) is 12.1 Å². The van der Waals surface area contributed by atoms with Crippen molar-refractivity contribution in [2.75, 3.05) is 14.1 Å². The zero-order valence-corrected chi connectivity index (χ0v) is 11.1. The lowest BCUT2D eigenvalue weighted by molar-refractivity contribution is -0.181. The molecule has 7 heteroatoms. The molecule has 1 unspecified atom stereocenters. The molecule has 0 bridgehead atoms. The van der Waals surface area contributed by atoms with Crippen LogP contribution in [0, 0.1) is 0 Å². The Balaban J connectivity index is 2.19. The Labute approximate surface area is 114 Å². The summed E-state index contributed by atoms with van der Waals surface area (Å²) >= 11 is 0. The van der Waals surface area contributed by atoms with E-state index in [1.165, 1.54) is 20.3 Å². The summed E-state index contributed by atoms with van der Waals surface area (Å²) in [5.41, 5.74) is 1.60. The van der Waals surface area contributed by atoms with Gasteiger partial charge in [0.25, 0.3) is 0 Å². The maximum absolute atomic E-state index is 13.0. The predicted octanol–water partition coefficient (Wildman–Crippen LogP) is 2.56. The van der Waals surface area contributed by atoms with Crippen LogP contribution in [0.25, 0.3) is 0 Å². The Morgan fingerprint density at radius 1 is 1.25 bits per heavy atom. The summed E-state index contributed by atoms with van der Waals surface area (Å²) in [5, 5.41) is 0. The molecular weight excluding hydrogens is 269 g/mol. The van der Waals surface area contributed by atoms with E-state index >= 15 is 0 Å². The minimum absolute atomic E-state index is 0.0912. The smallest absolute Gasteiger partial charge is 0.344 e. The van der Waals surface area contributed by atoms with E-state index in [0.717, 1.165) is 10.5 Å². The highest BCUT2D eigenvalue weighted by atomic mass is 19.4. The second-order valence-electron chi connectivity index (χ2n) is 4.73. The van der Waals surface area contributed by atoms with Gasteiger partial charge in [0.15, 0.2) is 6.04 Å². The monoisotopic (exact) mass is 284 g/mol. The first kappa shape index (κ1) is 14.5. The van der Waals surface area contributed by atoms with Crippen LogP contribution in [0.15, 0.2) is 30.7 Å². The van der Waals surface area contributed by atoms with Crippen molar-refractivity contribution in [2.24, 2.45) is 0 Å². The third-order valence-corrected chi connectivity index (χ3v) is 2.88. The van der Waals surface area contributed by atoms with Gasteiger partial charge in [-0.05, 0) is 31.8 Å². The van der Waals surface area contributed by atoms with Crippen molar-refractivity contribution in [1.29, 1.82) is 0 Å². The molecule has 1 atom stereocenters. The fourth-order valence-electron chi connectivity index (χ4n) is 2.02. The number of nitrogens with zero attached hydrogens (tertiary/aromatic N) is 3. The number of H-pyrrole nitrogens is 1. The van der Waals surface area contributed by atoms with Gasteiger partial charge in [-0.3, -0.25) is 9.88 Å². The first-order valence-corrected chi connectivity index (χ1v) is 6.03. The fraction of sp³-hybridized carbons (Fsp3) is 0.385. The quantitative estimate of drug-likeness (QED) is 0.938. The Morgan fingerprint density at radius 3 is 2.45 bits per heavy atom. The summed E-state index contributed by atoms with van der Waals surface area (Å²) in [5.74, 6) is -0.0912. The van der Waals surface area contributed by atoms with E-state index in [4.69, 9.17) is 0 Å². The summed E-state index contributed by atoms with van der Waals surface area (Å²) < 4.78 is 38.9. The van der Waals surface area contributed by atoms with Crippen molar-refractivity contribution in [3.8, 4) is 0 Å². The molecule has 20 heavy (non-hydrogen) atoms. The molecule has 0 spiro atoms. The largest absolute Gasteiger partial charge is 0.411 e. The summed E-state index contributed by atoms with van der Waals surface area (Å²) in [6.45, 7) is 0. The molecule has 2 heterocycles. The molecule has 0 radical (unpaired) electrons. The lowest BCUT2D eigenvalue weighted by atomic mass is 10.1. The van der Waals surface area contributed by atoms with Crippen molar-refractivity contribution in [3.05, 3.63) is 47.8 Å². The van der Waals surface area contributed by atoms with E-state index in [1.54, 1.807) is 12.4 Å². The molecule has 0 saturated heterocycles. The maximum atomic E-state index is 13.0. The van der Waals surface area contributed by atoms with Crippen LogP contribution < -0.4 is 0 Å². The Hall–Kier alpha value is -1.89. The molecule has 108 valence electrons. The molecular formula is C13H15F3N4. The number of aromatic amines is 1. The van der Waals surface area contributed by atoms with Gasteiger partial charge in [0.1, 0.15) is 5.82 Å². The van der Waals surface area contributed by atoms with Crippen LogP contribution >= 0.6 is 0 Å². The van der Waals surface area contributed by atoms with E-state index < -0.39 is 12.2 Å². The highest BCUT2D eigenvalue weighted by Gasteiger charge is 2.44. The molecule has 0 aliphatic carbocycles. The van der Waals surface area contributed by atoms with Crippen LogP contribution in [-0.4, -0.2) is 40.1 Å². The SMILES string of the molecule is CN(C)C(c1ncc(Cc2ccncc2)[nH]1)C(F)(F)F. The fourth-order valence-corrected chi connectivity index (χ4v) is 2.02. The number of alkyl halides is 3. The van der Waals surface area contributed by atoms with Crippen LogP contribution in [-0.2, 0) is 6.42 Å². The van der Waals surface area contributed by atoms with Gasteiger partial charge in [-0.25, -0.2) is 4.98 Å². The number of pyridine rings is 1. The zero-order valence-electron chi connectivity index (χ0n) is 11.1. The van der Waals surface area contributed by atoms with Crippen molar-refractivity contribution < 1.29 is 13.2 Å². The van der Waals surface area contributed by atoms with Gasteiger partial charge in [-0.1, -0.05) is 0 Å². The lowest BCUT2D eigenvalue weighted by Crippen LogP contribution is -2.34. The average molecular weight is 284 g/mol. The number of nitrogens with one attached hydrogen (secondary N) is 1. The Kier molecular flexibility index (Phi) is 4.08. The third kappa shape index (κ3) is 3.36. The predicted molar refractivity (Wildman–Crippen MR) is 68.1 cm³/mol. The normalized spacial score (nSPS) is 13.7. The van der Waals surface area contributed by atoms with Crippen LogP contribution in [0.4, 0.5) is 13.2 Å². The first-order chi connectivity index (χ1) is 9.38. The van der Waals surface area contributed by atoms with Gasteiger partial charge in [-0.2, -0.15) is 13.2 Å².